The molecule has 0 atom stereocenters. The summed E-state index contributed by atoms with van der Waals surface area (Å²) in [7, 11) is 0. The largest absolute Gasteiger partial charge is 0.395 e. The Labute approximate surface area is 110 Å². The number of nitrogens with zero attached hydrogens (tertiary/aromatic N) is 2. The lowest BCUT2D eigenvalue weighted by molar-refractivity contribution is -0.117. The Balaban J connectivity index is 1.84. The molecule has 0 aromatic heterocycles. The second-order valence-corrected chi connectivity index (χ2v) is 5.88. The number of hydrogen-bond acceptors (Lipinski definition) is 4. The Morgan fingerprint density at radius 1 is 1.00 bits per heavy atom. The third-order valence-corrected chi connectivity index (χ3v) is 4.49. The highest BCUT2D eigenvalue weighted by Crippen LogP contribution is 2.37. The van der Waals surface area contributed by atoms with Crippen LogP contribution in [-0.4, -0.2) is 67.1 Å². The van der Waals surface area contributed by atoms with E-state index in [1.165, 1.54) is 19.1 Å². The van der Waals surface area contributed by atoms with Crippen molar-refractivity contribution in [1.29, 1.82) is 0 Å². The molecule has 2 aliphatic rings. The molecule has 1 aliphatic carbocycles. The van der Waals surface area contributed by atoms with Crippen LogP contribution in [0.1, 0.15) is 32.1 Å². The summed E-state index contributed by atoms with van der Waals surface area (Å²) in [5, 5.41) is 8.98. The Kier molecular flexibility index (Phi) is 5.15. The summed E-state index contributed by atoms with van der Waals surface area (Å²) in [6.45, 7) is 6.21. The number of rotatable bonds is 5. The van der Waals surface area contributed by atoms with Gasteiger partial charge in [0.1, 0.15) is 6.29 Å². The van der Waals surface area contributed by atoms with E-state index in [2.05, 4.69) is 9.80 Å². The molecule has 1 aliphatic heterocycles. The van der Waals surface area contributed by atoms with Crippen LogP contribution in [-0.2, 0) is 4.79 Å². The number of β-amino-alcohol motifs (C(OH)–C–C–N with tert-alkyl or cyclic N) is 1. The quantitative estimate of drug-likeness (QED) is 0.735. The van der Waals surface area contributed by atoms with Gasteiger partial charge in [-0.2, -0.15) is 0 Å². The molecule has 2 rings (SSSR count). The molecule has 2 fully saturated rings. The number of hydrogen-bond donors (Lipinski definition) is 1. The van der Waals surface area contributed by atoms with Crippen LogP contribution >= 0.6 is 0 Å². The molecular formula is C14H26N2O2. The molecule has 1 saturated heterocycles. The molecule has 4 nitrogen and oxygen atoms in total. The summed E-state index contributed by atoms with van der Waals surface area (Å²) in [5.41, 5.74) is -0.0495. The number of carbonyl (C=O) groups excluding carboxylic acids is 1. The predicted octanol–water partition coefficient (Wildman–Crippen LogP) is 0.746. The monoisotopic (exact) mass is 254 g/mol. The Hall–Kier alpha value is -0.450. The fraction of sp³-hybridized carbons (Fsp3) is 0.929. The topological polar surface area (TPSA) is 43.8 Å². The molecule has 0 radical (unpaired) electrons. The molecule has 1 saturated carbocycles. The van der Waals surface area contributed by atoms with Crippen LogP contribution in [0, 0.1) is 5.41 Å². The first-order valence-corrected chi connectivity index (χ1v) is 7.30. The van der Waals surface area contributed by atoms with E-state index in [9.17, 15) is 4.79 Å². The van der Waals surface area contributed by atoms with Gasteiger partial charge < -0.3 is 14.8 Å². The van der Waals surface area contributed by atoms with Crippen molar-refractivity contribution in [3.63, 3.8) is 0 Å². The van der Waals surface area contributed by atoms with Crippen molar-refractivity contribution in [3.8, 4) is 0 Å². The Morgan fingerprint density at radius 3 is 2.33 bits per heavy atom. The van der Waals surface area contributed by atoms with Crippen molar-refractivity contribution in [2.24, 2.45) is 5.41 Å². The van der Waals surface area contributed by atoms with Gasteiger partial charge in [-0.05, 0) is 32.4 Å². The maximum absolute atomic E-state index is 11.4. The predicted molar refractivity (Wildman–Crippen MR) is 71.5 cm³/mol. The van der Waals surface area contributed by atoms with Crippen molar-refractivity contribution >= 4 is 6.29 Å². The molecule has 0 bridgehead atoms. The average Bonchev–Trinajstić information content (AvgIpc) is 2.74. The summed E-state index contributed by atoms with van der Waals surface area (Å²) in [4.78, 5) is 16.2. The van der Waals surface area contributed by atoms with Crippen molar-refractivity contribution in [3.05, 3.63) is 0 Å². The fourth-order valence-electron chi connectivity index (χ4n) is 3.39. The van der Waals surface area contributed by atoms with Crippen LogP contribution in [0.25, 0.3) is 0 Å². The lowest BCUT2D eigenvalue weighted by atomic mass is 9.87. The normalized spacial score (nSPS) is 26.1. The minimum atomic E-state index is -0.0495. The highest BCUT2D eigenvalue weighted by atomic mass is 16.3. The zero-order valence-electron chi connectivity index (χ0n) is 11.3. The number of aldehydes is 1. The van der Waals surface area contributed by atoms with Gasteiger partial charge in [0.25, 0.3) is 0 Å². The summed E-state index contributed by atoms with van der Waals surface area (Å²) >= 11 is 0. The maximum atomic E-state index is 11.4. The van der Waals surface area contributed by atoms with Gasteiger partial charge in [-0.15, -0.1) is 0 Å². The van der Waals surface area contributed by atoms with Gasteiger partial charge in [0.15, 0.2) is 0 Å². The van der Waals surface area contributed by atoms with Crippen molar-refractivity contribution < 1.29 is 9.90 Å². The van der Waals surface area contributed by atoms with E-state index in [1.807, 2.05) is 0 Å². The second-order valence-electron chi connectivity index (χ2n) is 5.88. The molecule has 0 unspecified atom stereocenters. The van der Waals surface area contributed by atoms with Crippen molar-refractivity contribution in [2.75, 3.05) is 45.9 Å². The molecule has 0 aromatic carbocycles. The minimum absolute atomic E-state index is 0.0495. The third kappa shape index (κ3) is 3.53. The van der Waals surface area contributed by atoms with Gasteiger partial charge in [0, 0.05) is 31.6 Å². The minimum Gasteiger partial charge on any atom is -0.395 e. The molecule has 1 heterocycles. The van der Waals surface area contributed by atoms with Crippen molar-refractivity contribution in [1.82, 2.24) is 9.80 Å². The number of aliphatic hydroxyl groups excluding tert-OH is 1. The standard InChI is InChI=1S/C14H26N2O2/c17-11-10-15-6-3-7-16(9-8-15)12-14(13-18)4-1-2-5-14/h13,17H,1-12H2. The summed E-state index contributed by atoms with van der Waals surface area (Å²) in [6.07, 6.45) is 6.94. The second kappa shape index (κ2) is 6.64. The molecular weight excluding hydrogens is 228 g/mol. The first-order valence-electron chi connectivity index (χ1n) is 7.30. The van der Waals surface area contributed by atoms with E-state index in [4.69, 9.17) is 5.11 Å². The van der Waals surface area contributed by atoms with E-state index in [0.717, 1.165) is 58.5 Å². The molecule has 4 heteroatoms. The highest BCUT2D eigenvalue weighted by Gasteiger charge is 2.35. The summed E-state index contributed by atoms with van der Waals surface area (Å²) in [5.74, 6) is 0. The molecule has 104 valence electrons. The lowest BCUT2D eigenvalue weighted by Gasteiger charge is -2.30. The van der Waals surface area contributed by atoms with Crippen LogP contribution in [0.4, 0.5) is 0 Å². The van der Waals surface area contributed by atoms with Gasteiger partial charge in [-0.3, -0.25) is 4.90 Å². The fourth-order valence-corrected chi connectivity index (χ4v) is 3.39. The Bertz CT molecular complexity index is 265. The van der Waals surface area contributed by atoms with Crippen LogP contribution in [0.15, 0.2) is 0 Å². The first-order chi connectivity index (χ1) is 8.78. The van der Waals surface area contributed by atoms with E-state index >= 15 is 0 Å². The van der Waals surface area contributed by atoms with Gasteiger partial charge in [-0.25, -0.2) is 0 Å². The van der Waals surface area contributed by atoms with Gasteiger partial charge >= 0.3 is 0 Å². The smallest absolute Gasteiger partial charge is 0.127 e. The summed E-state index contributed by atoms with van der Waals surface area (Å²) in [6, 6.07) is 0. The SMILES string of the molecule is O=CC1(CN2CCCN(CCO)CC2)CCCC1. The summed E-state index contributed by atoms with van der Waals surface area (Å²) < 4.78 is 0. The third-order valence-electron chi connectivity index (χ3n) is 4.49. The Morgan fingerprint density at radius 2 is 1.67 bits per heavy atom. The highest BCUT2D eigenvalue weighted by molar-refractivity contribution is 5.60. The molecule has 0 aromatic rings. The maximum Gasteiger partial charge on any atom is 0.127 e. The molecule has 1 N–H and O–H groups in total. The van der Waals surface area contributed by atoms with E-state index in [1.54, 1.807) is 0 Å². The lowest BCUT2D eigenvalue weighted by Crippen LogP contribution is -2.39. The molecule has 18 heavy (non-hydrogen) atoms. The van der Waals surface area contributed by atoms with Crippen LogP contribution in [0.3, 0.4) is 0 Å². The molecule has 0 amide bonds. The average molecular weight is 254 g/mol. The van der Waals surface area contributed by atoms with Gasteiger partial charge in [-0.1, -0.05) is 12.8 Å². The zero-order valence-corrected chi connectivity index (χ0v) is 11.3. The van der Waals surface area contributed by atoms with E-state index in [-0.39, 0.29) is 12.0 Å². The zero-order chi connectivity index (χ0) is 12.8. The first kappa shape index (κ1) is 14.0. The molecule has 0 spiro atoms. The van der Waals surface area contributed by atoms with Gasteiger partial charge in [0.05, 0.1) is 6.61 Å². The van der Waals surface area contributed by atoms with Crippen LogP contribution < -0.4 is 0 Å². The van der Waals surface area contributed by atoms with Crippen molar-refractivity contribution in [2.45, 2.75) is 32.1 Å². The number of carbonyl (C=O) groups is 1. The van der Waals surface area contributed by atoms with Gasteiger partial charge in [0.2, 0.25) is 0 Å². The van der Waals surface area contributed by atoms with Crippen LogP contribution in [0.5, 0.6) is 0 Å². The van der Waals surface area contributed by atoms with E-state index in [0.29, 0.717) is 0 Å². The number of aliphatic hydroxyl groups is 1. The van der Waals surface area contributed by atoms with E-state index < -0.39 is 0 Å². The van der Waals surface area contributed by atoms with Crippen LogP contribution in [0.2, 0.25) is 0 Å².